The zero-order valence-corrected chi connectivity index (χ0v) is 62.9. The molecule has 114 heavy (non-hydrogen) atoms. The van der Waals surface area contributed by atoms with Gasteiger partial charge in [0.05, 0.1) is 47.9 Å². The summed E-state index contributed by atoms with van der Waals surface area (Å²) in [4.78, 5) is 130. The van der Waals surface area contributed by atoms with E-state index < -0.39 is 261 Å². The number of rotatable bonds is 20. The number of hydrogen-bond donors (Lipinski definition) is 20. The van der Waals surface area contributed by atoms with E-state index in [1.54, 1.807) is 30.3 Å². The molecule has 6 aromatic carbocycles. The number of primary amides is 1. The van der Waals surface area contributed by atoms with Crippen LogP contribution in [0.3, 0.4) is 0 Å². The molecule has 2 saturated heterocycles. The van der Waals surface area contributed by atoms with Gasteiger partial charge in [0.2, 0.25) is 53.4 Å². The number of ether oxygens (including phenoxy) is 7. The molecule has 13 rings (SSSR count). The first-order valence-corrected chi connectivity index (χ1v) is 36.6. The minimum absolute atomic E-state index is 0.106. The van der Waals surface area contributed by atoms with Crippen LogP contribution in [-0.4, -0.2) is 215 Å². The Kier molecular flexibility index (Phi) is 26.2. The Morgan fingerprint density at radius 2 is 1.32 bits per heavy atom. The van der Waals surface area contributed by atoms with Gasteiger partial charge in [0.15, 0.2) is 36.0 Å². The Balaban J connectivity index is 1.11. The number of aliphatic hydroxyl groups is 6. The maximum absolute atomic E-state index is 16.2. The lowest BCUT2D eigenvalue weighted by Gasteiger charge is -2.48. The predicted molar refractivity (Wildman–Crippen MR) is 396 cm³/mol. The highest BCUT2D eigenvalue weighted by molar-refractivity contribution is 6.32. The van der Waals surface area contributed by atoms with Crippen molar-refractivity contribution in [1.29, 1.82) is 0 Å². The highest BCUT2D eigenvalue weighted by Crippen LogP contribution is 2.50. The number of fused-ring (bicyclic) bond motifs is 15. The lowest BCUT2D eigenvalue weighted by atomic mass is 9.84. The molecule has 610 valence electrons. The van der Waals surface area contributed by atoms with Crippen molar-refractivity contribution in [2.24, 2.45) is 11.7 Å². The molecule has 0 aliphatic carbocycles. The van der Waals surface area contributed by atoms with Crippen LogP contribution in [0.15, 0.2) is 109 Å². The van der Waals surface area contributed by atoms with Gasteiger partial charge in [0.25, 0.3) is 0 Å². The van der Waals surface area contributed by atoms with Gasteiger partial charge in [-0.3, -0.25) is 33.6 Å². The number of halogens is 2. The molecule has 0 radical (unpaired) electrons. The van der Waals surface area contributed by atoms with Crippen molar-refractivity contribution in [2.45, 2.75) is 169 Å². The Morgan fingerprint density at radius 1 is 0.693 bits per heavy atom. The number of carbonyl (C=O) groups excluding carboxylic acids is 7. The second-order valence-corrected chi connectivity index (χ2v) is 29.4. The summed E-state index contributed by atoms with van der Waals surface area (Å²) in [5.74, 6) is -17.8. The van der Waals surface area contributed by atoms with Gasteiger partial charge >= 0.3 is 11.9 Å². The van der Waals surface area contributed by atoms with Gasteiger partial charge < -0.3 is 138 Å². The van der Waals surface area contributed by atoms with Crippen molar-refractivity contribution < 1.29 is 132 Å². The number of carbonyl (C=O) groups is 9. The molecule has 21 N–H and O–H groups in total. The van der Waals surface area contributed by atoms with Crippen LogP contribution in [0.25, 0.3) is 11.1 Å². The van der Waals surface area contributed by atoms with Crippen LogP contribution in [0.2, 0.25) is 10.0 Å². The minimum Gasteiger partial charge on any atom is -0.508 e. The Bertz CT molecular complexity index is 4660. The molecule has 7 aliphatic heterocycles. The number of hydrogen-bond acceptors (Lipinski definition) is 27. The third-order valence-corrected chi connectivity index (χ3v) is 20.6. The Labute approximate surface area is 659 Å². The fraction of sp³-hybridized carbons (Fsp3) is 0.408. The van der Waals surface area contributed by atoms with Gasteiger partial charge in [-0.1, -0.05) is 85.6 Å². The molecule has 7 heterocycles. The summed E-state index contributed by atoms with van der Waals surface area (Å²) in [6.07, 6.45) is -21.3. The smallest absolute Gasteiger partial charge is 0.334 e. The molecule has 7 aliphatic rings. The van der Waals surface area contributed by atoms with Crippen LogP contribution in [0.1, 0.15) is 111 Å². The first-order chi connectivity index (χ1) is 54.0. The van der Waals surface area contributed by atoms with Crippen LogP contribution < -0.4 is 62.5 Å². The van der Waals surface area contributed by atoms with Crippen LogP contribution in [0.5, 0.6) is 46.0 Å². The van der Waals surface area contributed by atoms with Gasteiger partial charge in [-0.05, 0) is 116 Å². The van der Waals surface area contributed by atoms with Crippen molar-refractivity contribution in [3.05, 3.63) is 153 Å². The number of phenols is 3. The van der Waals surface area contributed by atoms with E-state index in [-0.39, 0.29) is 47.8 Å². The van der Waals surface area contributed by atoms with Gasteiger partial charge in [0, 0.05) is 41.3 Å². The number of benzene rings is 6. The van der Waals surface area contributed by atoms with Crippen molar-refractivity contribution >= 4 is 76.5 Å². The number of aliphatic carboxylic acids is 2. The number of likely N-dealkylation sites (N-methyl/N-ethyl adjacent to an activating group) is 1. The van der Waals surface area contributed by atoms with Crippen molar-refractivity contribution in [3.8, 4) is 57.1 Å². The monoisotopic (exact) mass is 1630 g/mol. The maximum atomic E-state index is 16.2. The molecule has 38 heteroatoms. The SMILES string of the molecule is CN[C@H](CC(C)C)C(=O)N[C@H]1C(=O)N[C@@H](CC(N)=O)C(=O)N[C@H]2C(=O)N[C@H]3C(=O)N[C@H](C(=O)N[C@H](C(=O)O)c4cc(O)cc(O)c4-c4cc3ccc4O)[C@H](O)c3ccc(c(Cl)c3)Oc3cc2cc(c3O[C@@H]2O[C@H](CO)[C@@H](O)[C@H](O)[C@H]2O[C@H]2C[C@](C)(NCC(OCc3ccccc3)C(=O)O)[C@H](O)[C@H](C)O2)Oc2ccc(cc2Cl)[C@H]1O. The summed E-state index contributed by atoms with van der Waals surface area (Å²) < 4.78 is 44.8. The summed E-state index contributed by atoms with van der Waals surface area (Å²) in [6.45, 7) is 5.08. The molecule has 0 spiro atoms. The molecule has 19 atom stereocenters. The van der Waals surface area contributed by atoms with Crippen LogP contribution in [0.4, 0.5) is 0 Å². The zero-order chi connectivity index (χ0) is 82.6. The first kappa shape index (κ1) is 84.4. The van der Waals surface area contributed by atoms with E-state index in [9.17, 15) is 84.9 Å². The second-order valence-electron chi connectivity index (χ2n) is 28.6. The summed E-state index contributed by atoms with van der Waals surface area (Å²) in [6, 6.07) is 7.59. The molecule has 1 unspecified atom stereocenters. The number of carboxylic acid groups (broad SMARTS) is 2. The standard InChI is InChI=1S/C76H85Cl2N9O27/c1-30(2)17-42(80-5)67(98)86-58-60(93)34-12-15-46(40(77)19-34)110-48-21-36-22-49(64(48)114-75-65(63(96)62(95)51(28-88)112-75)113-53-26-76(4,66(97)31(3)109-53)81-27-50(73(104)105)108-29-32-9-7-6-8-10-32)111-47-16-13-35(20-41(47)78)61(94)59-72(103)85-57(74(106)107)39-23-37(89)24-45(91)54(39)38-18-33(11-14-44(38)90)55(69(100)87-59)84-70(101)56(36)83-68(99)43(25-52(79)92)82-71(58)102/h6-16,18-24,30-31,42-43,50-51,53,55-63,65-66,75,80-81,88-91,93-97H,17,25-29H2,1-5H3,(H2,79,92)(H,82,102)(H,83,99)(H,84,101)(H,85,103)(H,86,98)(H,87,100)(H,104,105)(H,106,107)/t31-,42+,43-,50?,51+,53-,55+,56+,57-,58+,59-,60+,61+,62+,63-,65+,66+,75-,76-/m0/s1. The minimum atomic E-state index is -2.39. The zero-order valence-electron chi connectivity index (χ0n) is 61.4. The second kappa shape index (κ2) is 35.5. The van der Waals surface area contributed by atoms with Crippen molar-refractivity contribution in [1.82, 2.24) is 42.5 Å². The molecule has 7 amide bonds. The average Bonchev–Trinajstić information content (AvgIpc) is 0.762. The number of carboxylic acids is 2. The maximum Gasteiger partial charge on any atom is 0.334 e. The summed E-state index contributed by atoms with van der Waals surface area (Å²) >= 11 is 14.2. The Hall–Kier alpha value is -10.5. The number of phenolic OH excluding ortho intramolecular Hbond substituents is 3. The number of aliphatic hydroxyl groups excluding tert-OH is 6. The highest BCUT2D eigenvalue weighted by Gasteiger charge is 2.53. The molecule has 2 fully saturated rings. The number of aromatic hydroxyl groups is 3. The van der Waals surface area contributed by atoms with E-state index >= 15 is 14.4 Å². The van der Waals surface area contributed by atoms with E-state index in [4.69, 9.17) is 62.1 Å². The molecule has 0 aromatic heterocycles. The topological polar surface area (TPSA) is 563 Å². The molecule has 0 saturated carbocycles. The Morgan fingerprint density at radius 3 is 1.92 bits per heavy atom. The fourth-order valence-corrected chi connectivity index (χ4v) is 14.4. The van der Waals surface area contributed by atoms with Crippen LogP contribution >= 0.6 is 23.2 Å². The lowest BCUT2D eigenvalue weighted by Crippen LogP contribution is -2.66. The summed E-state index contributed by atoms with van der Waals surface area (Å²) in [7, 11) is 1.46. The quantitative estimate of drug-likeness (QED) is 0.0514. The molecular weight excluding hydrogens is 1540 g/mol. The van der Waals surface area contributed by atoms with E-state index in [1.165, 1.54) is 33.0 Å². The molecule has 36 nitrogen and oxygen atoms in total. The summed E-state index contributed by atoms with van der Waals surface area (Å²) in [5.41, 5.74) is 1.91. The van der Waals surface area contributed by atoms with Crippen LogP contribution in [0, 0.1) is 5.92 Å². The van der Waals surface area contributed by atoms with Gasteiger partial charge in [0.1, 0.15) is 89.5 Å². The van der Waals surface area contributed by atoms with Gasteiger partial charge in [-0.25, -0.2) is 9.59 Å². The summed E-state index contributed by atoms with van der Waals surface area (Å²) in [5, 5.41) is 146. The van der Waals surface area contributed by atoms with Gasteiger partial charge in [-0.2, -0.15) is 0 Å². The third kappa shape index (κ3) is 18.6. The van der Waals surface area contributed by atoms with Crippen molar-refractivity contribution in [3.63, 3.8) is 0 Å². The van der Waals surface area contributed by atoms with E-state index in [0.717, 1.165) is 66.7 Å². The number of amides is 7. The van der Waals surface area contributed by atoms with Crippen LogP contribution in [-0.2, 0) is 68.7 Å². The first-order valence-electron chi connectivity index (χ1n) is 35.8. The predicted octanol–water partition coefficient (Wildman–Crippen LogP) is 1.41. The molecule has 6 aromatic rings. The largest absolute Gasteiger partial charge is 0.508 e. The molecular formula is C76H85Cl2N9O27. The van der Waals surface area contributed by atoms with Gasteiger partial charge in [-0.15, -0.1) is 0 Å². The molecule has 11 bridgehead atoms. The lowest BCUT2D eigenvalue weighted by molar-refractivity contribution is -0.334. The normalized spacial score (nSPS) is 27.6. The van der Waals surface area contributed by atoms with Crippen molar-refractivity contribution in [2.75, 3.05) is 20.2 Å². The van der Waals surface area contributed by atoms with E-state index in [2.05, 4.69) is 42.5 Å². The number of nitrogens with two attached hydrogens (primary N) is 1. The number of nitrogens with one attached hydrogen (secondary N) is 8. The third-order valence-electron chi connectivity index (χ3n) is 20.0. The fourth-order valence-electron chi connectivity index (χ4n) is 14.0. The average molecular weight is 1630 g/mol. The highest BCUT2D eigenvalue weighted by atomic mass is 35.5. The van der Waals surface area contributed by atoms with E-state index in [1.807, 2.05) is 13.8 Å². The van der Waals surface area contributed by atoms with E-state index in [0.29, 0.717) is 5.56 Å².